The minimum absolute atomic E-state index is 0.0212. The van der Waals surface area contributed by atoms with Crippen molar-refractivity contribution in [2.24, 2.45) is 0 Å². The van der Waals surface area contributed by atoms with E-state index in [-0.39, 0.29) is 29.0 Å². The average Bonchev–Trinajstić information content (AvgIpc) is 3.09. The highest BCUT2D eigenvalue weighted by Crippen LogP contribution is 2.33. The second-order valence-corrected chi connectivity index (χ2v) is 4.40. The lowest BCUT2D eigenvalue weighted by atomic mass is 10.1. The normalized spacial score (nSPS) is 14.6. The van der Waals surface area contributed by atoms with Crippen molar-refractivity contribution >= 4 is 5.91 Å². The van der Waals surface area contributed by atoms with Gasteiger partial charge in [-0.3, -0.25) is 4.79 Å². The number of hydrogen-bond donors (Lipinski definition) is 2. The molecule has 92 valence electrons. The molecule has 17 heavy (non-hydrogen) atoms. The van der Waals surface area contributed by atoms with Crippen LogP contribution in [0.5, 0.6) is 11.5 Å². The molecule has 1 fully saturated rings. The van der Waals surface area contributed by atoms with Gasteiger partial charge in [-0.15, -0.1) is 0 Å². The van der Waals surface area contributed by atoms with E-state index in [1.165, 1.54) is 18.2 Å². The fraction of sp³-hybridized carbons (Fsp3) is 0.462. The summed E-state index contributed by atoms with van der Waals surface area (Å²) in [7, 11) is 0. The molecule has 0 bridgehead atoms. The van der Waals surface area contributed by atoms with Crippen molar-refractivity contribution in [2.45, 2.75) is 32.2 Å². The molecule has 1 amide bonds. The van der Waals surface area contributed by atoms with Gasteiger partial charge >= 0.3 is 0 Å². The number of phenols is 2. The summed E-state index contributed by atoms with van der Waals surface area (Å²) in [6.07, 6.45) is 2.90. The molecule has 0 aliphatic heterocycles. The monoisotopic (exact) mass is 235 g/mol. The summed E-state index contributed by atoms with van der Waals surface area (Å²) in [6, 6.07) is 4.64. The third kappa shape index (κ3) is 2.35. The van der Waals surface area contributed by atoms with Crippen LogP contribution in [-0.4, -0.2) is 33.6 Å². The number of amides is 1. The smallest absolute Gasteiger partial charge is 0.261 e. The summed E-state index contributed by atoms with van der Waals surface area (Å²) in [6.45, 7) is 2.67. The molecule has 2 N–H and O–H groups in total. The van der Waals surface area contributed by atoms with E-state index in [0.29, 0.717) is 6.54 Å². The lowest BCUT2D eigenvalue weighted by molar-refractivity contribution is 0.0737. The number of hydrogen-bond acceptors (Lipinski definition) is 3. The van der Waals surface area contributed by atoms with Crippen molar-refractivity contribution in [3.63, 3.8) is 0 Å². The van der Waals surface area contributed by atoms with E-state index in [1.807, 2.05) is 6.92 Å². The van der Waals surface area contributed by atoms with Crippen LogP contribution in [0.1, 0.15) is 36.5 Å². The van der Waals surface area contributed by atoms with E-state index in [9.17, 15) is 15.0 Å². The number of rotatable bonds is 4. The first-order valence-corrected chi connectivity index (χ1v) is 5.97. The molecule has 4 nitrogen and oxygen atoms in total. The Hall–Kier alpha value is -1.71. The molecular formula is C13H17NO3. The van der Waals surface area contributed by atoms with Crippen LogP contribution in [0.4, 0.5) is 0 Å². The first-order valence-electron chi connectivity index (χ1n) is 5.97. The van der Waals surface area contributed by atoms with Crippen molar-refractivity contribution in [3.05, 3.63) is 23.8 Å². The molecule has 0 saturated heterocycles. The van der Waals surface area contributed by atoms with Crippen molar-refractivity contribution < 1.29 is 15.0 Å². The van der Waals surface area contributed by atoms with Gasteiger partial charge in [0.15, 0.2) is 0 Å². The van der Waals surface area contributed by atoms with Crippen LogP contribution in [0.25, 0.3) is 0 Å². The Morgan fingerprint density at radius 1 is 1.35 bits per heavy atom. The molecule has 1 aromatic carbocycles. The number of nitrogens with zero attached hydrogens (tertiary/aromatic N) is 1. The van der Waals surface area contributed by atoms with E-state index in [4.69, 9.17) is 0 Å². The van der Waals surface area contributed by atoms with Gasteiger partial charge in [0.2, 0.25) is 0 Å². The van der Waals surface area contributed by atoms with E-state index in [0.717, 1.165) is 19.3 Å². The largest absolute Gasteiger partial charge is 0.507 e. The Balaban J connectivity index is 2.28. The van der Waals surface area contributed by atoms with E-state index in [1.54, 1.807) is 4.90 Å². The van der Waals surface area contributed by atoms with Gasteiger partial charge in [-0.25, -0.2) is 0 Å². The minimum atomic E-state index is -0.273. The number of aromatic hydroxyl groups is 2. The Bertz CT molecular complexity index is 406. The quantitative estimate of drug-likeness (QED) is 0.840. The molecule has 4 heteroatoms. The fourth-order valence-electron chi connectivity index (χ4n) is 1.97. The zero-order valence-electron chi connectivity index (χ0n) is 9.89. The number of carbonyl (C=O) groups excluding carboxylic acids is 1. The van der Waals surface area contributed by atoms with Crippen molar-refractivity contribution in [1.82, 2.24) is 4.90 Å². The Morgan fingerprint density at radius 2 is 1.94 bits per heavy atom. The Morgan fingerprint density at radius 3 is 2.41 bits per heavy atom. The molecule has 0 aromatic heterocycles. The maximum atomic E-state index is 12.3. The van der Waals surface area contributed by atoms with E-state index >= 15 is 0 Å². The van der Waals surface area contributed by atoms with Crippen LogP contribution in [0.15, 0.2) is 18.2 Å². The van der Waals surface area contributed by atoms with Gasteiger partial charge in [0.25, 0.3) is 5.91 Å². The summed E-state index contributed by atoms with van der Waals surface area (Å²) in [5.41, 5.74) is 0.0212. The SMILES string of the molecule is CCCN(C(=O)c1c(O)cccc1O)C1CC1. The summed E-state index contributed by atoms with van der Waals surface area (Å²) in [4.78, 5) is 14.0. The number of phenolic OH excluding ortho intramolecular Hbond substituents is 2. The van der Waals surface area contributed by atoms with Crippen LogP contribution in [0, 0.1) is 0 Å². The van der Waals surface area contributed by atoms with Crippen molar-refractivity contribution in [1.29, 1.82) is 0 Å². The van der Waals surface area contributed by atoms with Crippen LogP contribution < -0.4 is 0 Å². The topological polar surface area (TPSA) is 60.8 Å². The lowest BCUT2D eigenvalue weighted by Gasteiger charge is -2.22. The first-order chi connectivity index (χ1) is 8.15. The molecule has 0 unspecified atom stereocenters. The zero-order chi connectivity index (χ0) is 12.4. The molecule has 0 spiro atoms. The van der Waals surface area contributed by atoms with Gasteiger partial charge < -0.3 is 15.1 Å². The summed E-state index contributed by atoms with van der Waals surface area (Å²) in [5, 5.41) is 19.3. The van der Waals surface area contributed by atoms with Gasteiger partial charge in [-0.2, -0.15) is 0 Å². The van der Waals surface area contributed by atoms with Crippen molar-refractivity contribution in [2.75, 3.05) is 6.54 Å². The summed E-state index contributed by atoms with van der Waals surface area (Å²) < 4.78 is 0. The minimum Gasteiger partial charge on any atom is -0.507 e. The molecule has 1 saturated carbocycles. The van der Waals surface area contributed by atoms with Gasteiger partial charge in [0.1, 0.15) is 17.1 Å². The highest BCUT2D eigenvalue weighted by molar-refractivity contribution is 5.99. The second-order valence-electron chi connectivity index (χ2n) is 4.40. The average molecular weight is 235 g/mol. The van der Waals surface area contributed by atoms with Gasteiger partial charge in [-0.1, -0.05) is 13.0 Å². The molecule has 1 aromatic rings. The highest BCUT2D eigenvalue weighted by Gasteiger charge is 2.34. The zero-order valence-corrected chi connectivity index (χ0v) is 9.89. The molecule has 1 aliphatic carbocycles. The summed E-state index contributed by atoms with van der Waals surface area (Å²) >= 11 is 0. The number of benzene rings is 1. The van der Waals surface area contributed by atoms with E-state index in [2.05, 4.69) is 0 Å². The third-order valence-electron chi connectivity index (χ3n) is 2.95. The molecule has 2 rings (SSSR count). The molecule has 0 atom stereocenters. The third-order valence-corrected chi connectivity index (χ3v) is 2.95. The van der Waals surface area contributed by atoms with E-state index < -0.39 is 0 Å². The van der Waals surface area contributed by atoms with Crippen LogP contribution in [0.2, 0.25) is 0 Å². The first kappa shape index (κ1) is 11.8. The second kappa shape index (κ2) is 4.65. The molecular weight excluding hydrogens is 218 g/mol. The summed E-state index contributed by atoms with van der Waals surface area (Å²) in [5.74, 6) is -0.585. The van der Waals surface area contributed by atoms with Crippen LogP contribution >= 0.6 is 0 Å². The molecule has 0 heterocycles. The predicted molar refractivity (Wildman–Crippen MR) is 64.1 cm³/mol. The maximum absolute atomic E-state index is 12.3. The molecule has 1 aliphatic rings. The van der Waals surface area contributed by atoms with Crippen LogP contribution in [-0.2, 0) is 0 Å². The molecule has 0 radical (unpaired) electrons. The predicted octanol–water partition coefficient (Wildman–Crippen LogP) is 2.11. The van der Waals surface area contributed by atoms with Crippen LogP contribution in [0.3, 0.4) is 0 Å². The highest BCUT2D eigenvalue weighted by atomic mass is 16.3. The lowest BCUT2D eigenvalue weighted by Crippen LogP contribution is -2.33. The Kier molecular flexibility index (Phi) is 3.22. The van der Waals surface area contributed by atoms with Gasteiger partial charge in [-0.05, 0) is 31.4 Å². The fourth-order valence-corrected chi connectivity index (χ4v) is 1.97. The maximum Gasteiger partial charge on any atom is 0.261 e. The number of carbonyl (C=O) groups is 1. The van der Waals surface area contributed by atoms with Crippen molar-refractivity contribution in [3.8, 4) is 11.5 Å². The van der Waals surface area contributed by atoms with Gasteiger partial charge in [0.05, 0.1) is 0 Å². The standard InChI is InChI=1S/C13H17NO3/c1-2-8-14(9-6-7-9)13(17)12-10(15)4-3-5-11(12)16/h3-5,9,15-16H,2,6-8H2,1H3. The Labute approximate surface area is 100 Å². The van der Waals surface area contributed by atoms with Gasteiger partial charge in [0, 0.05) is 12.6 Å².